The molecule has 1 aliphatic rings. The van der Waals surface area contributed by atoms with Gasteiger partial charge in [-0.15, -0.1) is 0 Å². The highest BCUT2D eigenvalue weighted by Gasteiger charge is 2.17. The van der Waals surface area contributed by atoms with Crippen LogP contribution < -0.4 is 15.5 Å². The van der Waals surface area contributed by atoms with Crippen LogP contribution in [0, 0.1) is 0 Å². The molecule has 0 spiro atoms. The van der Waals surface area contributed by atoms with Gasteiger partial charge >= 0.3 is 6.03 Å². The van der Waals surface area contributed by atoms with Gasteiger partial charge in [0.05, 0.1) is 18.8 Å². The Balaban J connectivity index is 1.56. The number of carbonyl (C=O) groups excluding carboxylic acids is 1. The number of morpholine rings is 1. The minimum atomic E-state index is -0.245. The third-order valence-electron chi connectivity index (χ3n) is 4.43. The van der Waals surface area contributed by atoms with Gasteiger partial charge in [0.25, 0.3) is 0 Å². The minimum absolute atomic E-state index is 0.136. The molecular weight excluding hydrogens is 350 g/mol. The lowest BCUT2D eigenvalue weighted by atomic mass is 10.1. The van der Waals surface area contributed by atoms with E-state index in [-0.39, 0.29) is 18.2 Å². The number of rotatable bonds is 4. The second-order valence-corrected chi connectivity index (χ2v) is 6.99. The minimum Gasteiger partial charge on any atom is -0.375 e. The number of amides is 2. The molecule has 2 N–H and O–H groups in total. The smallest absolute Gasteiger partial charge is 0.319 e. The van der Waals surface area contributed by atoms with E-state index in [1.807, 2.05) is 55.5 Å². The van der Waals surface area contributed by atoms with Crippen molar-refractivity contribution in [3.63, 3.8) is 0 Å². The summed E-state index contributed by atoms with van der Waals surface area (Å²) in [7, 11) is 0. The third kappa shape index (κ3) is 4.90. The molecule has 6 heteroatoms. The van der Waals surface area contributed by atoms with Crippen LogP contribution in [-0.2, 0) is 4.74 Å². The van der Waals surface area contributed by atoms with Crippen molar-refractivity contribution in [1.29, 1.82) is 0 Å². The summed E-state index contributed by atoms with van der Waals surface area (Å²) < 4.78 is 5.57. The topological polar surface area (TPSA) is 53.6 Å². The molecule has 0 bridgehead atoms. The molecule has 5 nitrogen and oxygen atoms in total. The number of urea groups is 1. The Bertz CT molecular complexity index is 751. The van der Waals surface area contributed by atoms with E-state index >= 15 is 0 Å². The van der Waals surface area contributed by atoms with Crippen LogP contribution in [-0.4, -0.2) is 31.8 Å². The van der Waals surface area contributed by atoms with Crippen molar-refractivity contribution >= 4 is 29.0 Å². The zero-order chi connectivity index (χ0) is 18.5. The fourth-order valence-corrected chi connectivity index (χ4v) is 3.23. The lowest BCUT2D eigenvalue weighted by Gasteiger charge is -2.33. The standard InChI is InChI=1S/C20H24ClN3O2/c1-14-13-24(10-11-26-14)19-8-6-18(7-9-19)23-20(25)22-15(2)16-4-3-5-17(21)12-16/h3-9,12,14-15H,10-11,13H2,1-2H3,(H2,22,23,25). The number of ether oxygens (including phenoxy) is 1. The Labute approximate surface area is 159 Å². The highest BCUT2D eigenvalue weighted by atomic mass is 35.5. The van der Waals surface area contributed by atoms with Gasteiger partial charge < -0.3 is 20.3 Å². The highest BCUT2D eigenvalue weighted by molar-refractivity contribution is 6.30. The van der Waals surface area contributed by atoms with Crippen LogP contribution in [0.5, 0.6) is 0 Å². The second-order valence-electron chi connectivity index (χ2n) is 6.55. The first kappa shape index (κ1) is 18.5. The number of nitrogens with zero attached hydrogens (tertiary/aromatic N) is 1. The van der Waals surface area contributed by atoms with Gasteiger partial charge in [-0.3, -0.25) is 0 Å². The monoisotopic (exact) mass is 373 g/mol. The maximum Gasteiger partial charge on any atom is 0.319 e. The first-order chi connectivity index (χ1) is 12.5. The molecule has 26 heavy (non-hydrogen) atoms. The maximum absolute atomic E-state index is 12.2. The van der Waals surface area contributed by atoms with E-state index in [9.17, 15) is 4.79 Å². The number of benzene rings is 2. The molecule has 1 saturated heterocycles. The first-order valence-electron chi connectivity index (χ1n) is 8.81. The second kappa shape index (κ2) is 8.43. The molecule has 1 aliphatic heterocycles. The van der Waals surface area contributed by atoms with Gasteiger partial charge in [0.15, 0.2) is 0 Å². The van der Waals surface area contributed by atoms with Crippen molar-refractivity contribution in [3.8, 4) is 0 Å². The summed E-state index contributed by atoms with van der Waals surface area (Å²) in [5.41, 5.74) is 2.86. The fourth-order valence-electron chi connectivity index (χ4n) is 3.03. The number of hydrogen-bond donors (Lipinski definition) is 2. The molecule has 2 aromatic rings. The predicted molar refractivity (Wildman–Crippen MR) is 106 cm³/mol. The summed E-state index contributed by atoms with van der Waals surface area (Å²) in [6.45, 7) is 6.51. The summed E-state index contributed by atoms with van der Waals surface area (Å²) >= 11 is 6.00. The van der Waals surface area contributed by atoms with Gasteiger partial charge in [-0.1, -0.05) is 23.7 Å². The third-order valence-corrected chi connectivity index (χ3v) is 4.66. The summed E-state index contributed by atoms with van der Waals surface area (Å²) in [5, 5.41) is 6.45. The number of hydrogen-bond acceptors (Lipinski definition) is 3. The predicted octanol–water partition coefficient (Wildman–Crippen LogP) is 4.45. The quantitative estimate of drug-likeness (QED) is 0.832. The van der Waals surface area contributed by atoms with E-state index in [0.29, 0.717) is 5.02 Å². The maximum atomic E-state index is 12.2. The van der Waals surface area contributed by atoms with Gasteiger partial charge in [0, 0.05) is 29.5 Å². The molecule has 2 atom stereocenters. The molecule has 2 aromatic carbocycles. The number of halogens is 1. The van der Waals surface area contributed by atoms with Crippen LogP contribution in [0.2, 0.25) is 5.02 Å². The summed E-state index contributed by atoms with van der Waals surface area (Å²) in [6.07, 6.45) is 0.236. The molecule has 0 radical (unpaired) electrons. The Kier molecular flexibility index (Phi) is 6.01. The van der Waals surface area contributed by atoms with Gasteiger partial charge in [-0.25, -0.2) is 4.79 Å². The van der Waals surface area contributed by atoms with Crippen molar-refractivity contribution in [2.24, 2.45) is 0 Å². The lowest BCUT2D eigenvalue weighted by molar-refractivity contribution is 0.0532. The molecule has 1 heterocycles. The van der Waals surface area contributed by atoms with E-state index in [2.05, 4.69) is 22.5 Å². The van der Waals surface area contributed by atoms with Gasteiger partial charge in [0.1, 0.15) is 0 Å². The highest BCUT2D eigenvalue weighted by Crippen LogP contribution is 2.21. The largest absolute Gasteiger partial charge is 0.375 e. The zero-order valence-electron chi connectivity index (χ0n) is 15.0. The zero-order valence-corrected chi connectivity index (χ0v) is 15.8. The van der Waals surface area contributed by atoms with Crippen LogP contribution in [0.25, 0.3) is 0 Å². The van der Waals surface area contributed by atoms with E-state index in [1.54, 1.807) is 0 Å². The number of carbonyl (C=O) groups is 1. The normalized spacial score (nSPS) is 18.3. The van der Waals surface area contributed by atoms with Crippen LogP contribution in [0.1, 0.15) is 25.5 Å². The first-order valence-corrected chi connectivity index (χ1v) is 9.18. The SMILES string of the molecule is CC1CN(c2ccc(NC(=O)NC(C)c3cccc(Cl)c3)cc2)CCO1. The van der Waals surface area contributed by atoms with Crippen LogP contribution >= 0.6 is 11.6 Å². The number of nitrogens with one attached hydrogen (secondary N) is 2. The molecule has 0 saturated carbocycles. The van der Waals surface area contributed by atoms with Crippen LogP contribution in [0.15, 0.2) is 48.5 Å². The molecule has 0 aliphatic carbocycles. The molecule has 3 rings (SSSR count). The van der Waals surface area contributed by atoms with Crippen molar-refractivity contribution in [2.75, 3.05) is 29.9 Å². The Morgan fingerprint density at radius 3 is 2.73 bits per heavy atom. The summed E-state index contributed by atoms with van der Waals surface area (Å²) in [4.78, 5) is 14.5. The van der Waals surface area contributed by atoms with E-state index in [4.69, 9.17) is 16.3 Å². The van der Waals surface area contributed by atoms with E-state index in [0.717, 1.165) is 36.6 Å². The Morgan fingerprint density at radius 2 is 2.04 bits per heavy atom. The Hall–Kier alpha value is -2.24. The Morgan fingerprint density at radius 1 is 1.27 bits per heavy atom. The van der Waals surface area contributed by atoms with Crippen LogP contribution in [0.4, 0.5) is 16.2 Å². The van der Waals surface area contributed by atoms with Gasteiger partial charge in [-0.2, -0.15) is 0 Å². The molecule has 1 fully saturated rings. The average Bonchev–Trinajstić information content (AvgIpc) is 2.62. The van der Waals surface area contributed by atoms with E-state index < -0.39 is 0 Å². The van der Waals surface area contributed by atoms with Gasteiger partial charge in [0.2, 0.25) is 0 Å². The molecule has 138 valence electrons. The molecule has 2 unspecified atom stereocenters. The van der Waals surface area contributed by atoms with Crippen molar-refractivity contribution in [1.82, 2.24) is 5.32 Å². The fraction of sp³-hybridized carbons (Fsp3) is 0.350. The van der Waals surface area contributed by atoms with Crippen molar-refractivity contribution in [2.45, 2.75) is 26.0 Å². The molecular formula is C20H24ClN3O2. The van der Waals surface area contributed by atoms with Crippen molar-refractivity contribution < 1.29 is 9.53 Å². The van der Waals surface area contributed by atoms with Gasteiger partial charge in [-0.05, 0) is 55.8 Å². The average molecular weight is 374 g/mol. The number of anilines is 2. The molecule has 0 aromatic heterocycles. The lowest BCUT2D eigenvalue weighted by Crippen LogP contribution is -2.41. The van der Waals surface area contributed by atoms with Crippen molar-refractivity contribution in [3.05, 3.63) is 59.1 Å². The molecule has 2 amide bonds. The van der Waals surface area contributed by atoms with E-state index in [1.165, 1.54) is 0 Å². The summed E-state index contributed by atoms with van der Waals surface area (Å²) in [6, 6.07) is 15.0. The van der Waals surface area contributed by atoms with Crippen LogP contribution in [0.3, 0.4) is 0 Å². The summed E-state index contributed by atoms with van der Waals surface area (Å²) in [5.74, 6) is 0.